The molecule has 0 bridgehead atoms. The van der Waals surface area contributed by atoms with Crippen molar-refractivity contribution < 1.29 is 31.5 Å². The number of hydrogen-bond acceptors (Lipinski definition) is 5. The molecule has 25 heavy (non-hydrogen) atoms. The standard InChI is InChI=1S/C15H11ClF3NO4S/c16-8-5-9(17)7-10(6-8)24-12-1-2-13(25(22,23)15(18)19)14-11(12)3-4-20(14)21/h1-2,5-7,15,21H,3-4H2. The van der Waals surface area contributed by atoms with Crippen LogP contribution in [0.25, 0.3) is 0 Å². The number of hydrogen-bond donors (Lipinski definition) is 1. The van der Waals surface area contributed by atoms with Crippen LogP contribution in [0, 0.1) is 5.82 Å². The van der Waals surface area contributed by atoms with Crippen LogP contribution in [0.5, 0.6) is 11.5 Å². The highest BCUT2D eigenvalue weighted by Gasteiger charge is 2.35. The van der Waals surface area contributed by atoms with E-state index in [4.69, 9.17) is 16.3 Å². The fourth-order valence-electron chi connectivity index (χ4n) is 2.59. The molecule has 1 heterocycles. The number of benzene rings is 2. The van der Waals surface area contributed by atoms with Crippen molar-refractivity contribution in [2.24, 2.45) is 0 Å². The van der Waals surface area contributed by atoms with Crippen LogP contribution < -0.4 is 9.80 Å². The maximum Gasteiger partial charge on any atom is 0.341 e. The van der Waals surface area contributed by atoms with Crippen LogP contribution in [0.4, 0.5) is 18.9 Å². The monoisotopic (exact) mass is 393 g/mol. The fourth-order valence-corrected chi connectivity index (χ4v) is 3.75. The zero-order valence-electron chi connectivity index (χ0n) is 12.4. The van der Waals surface area contributed by atoms with Gasteiger partial charge in [-0.1, -0.05) is 11.6 Å². The van der Waals surface area contributed by atoms with Crippen LogP contribution in [-0.4, -0.2) is 25.9 Å². The van der Waals surface area contributed by atoms with E-state index in [0.717, 1.165) is 18.2 Å². The number of alkyl halides is 2. The van der Waals surface area contributed by atoms with Gasteiger partial charge in [-0.15, -0.1) is 0 Å². The van der Waals surface area contributed by atoms with Crippen molar-refractivity contribution in [3.8, 4) is 11.5 Å². The van der Waals surface area contributed by atoms with Gasteiger partial charge in [0.1, 0.15) is 17.3 Å². The molecule has 0 fully saturated rings. The van der Waals surface area contributed by atoms with Gasteiger partial charge in [-0.25, -0.2) is 12.8 Å². The molecule has 0 radical (unpaired) electrons. The first-order chi connectivity index (χ1) is 11.7. The smallest absolute Gasteiger partial charge is 0.341 e. The Morgan fingerprint density at radius 3 is 2.60 bits per heavy atom. The summed E-state index contributed by atoms with van der Waals surface area (Å²) < 4.78 is 68.2. The molecule has 1 N–H and O–H groups in total. The van der Waals surface area contributed by atoms with Crippen molar-refractivity contribution in [3.63, 3.8) is 0 Å². The quantitative estimate of drug-likeness (QED) is 0.849. The Labute approximate surface area is 146 Å². The third-order valence-corrected chi connectivity index (χ3v) is 5.27. The summed E-state index contributed by atoms with van der Waals surface area (Å²) in [6, 6.07) is 5.59. The largest absolute Gasteiger partial charge is 0.457 e. The van der Waals surface area contributed by atoms with E-state index in [1.54, 1.807) is 0 Å². The Balaban J connectivity index is 2.09. The Bertz CT molecular complexity index is 916. The minimum atomic E-state index is -4.91. The molecule has 2 aromatic carbocycles. The molecule has 3 rings (SSSR count). The minimum absolute atomic E-state index is 0.00533. The zero-order valence-corrected chi connectivity index (χ0v) is 14.0. The predicted molar refractivity (Wildman–Crippen MR) is 84.0 cm³/mol. The van der Waals surface area contributed by atoms with Crippen LogP contribution in [0.3, 0.4) is 0 Å². The van der Waals surface area contributed by atoms with E-state index in [1.165, 1.54) is 12.1 Å². The lowest BCUT2D eigenvalue weighted by Gasteiger charge is -2.17. The van der Waals surface area contributed by atoms with Crippen molar-refractivity contribution in [2.75, 3.05) is 11.6 Å². The van der Waals surface area contributed by atoms with Crippen molar-refractivity contribution in [1.82, 2.24) is 0 Å². The van der Waals surface area contributed by atoms with Gasteiger partial charge in [0.15, 0.2) is 0 Å². The first-order valence-corrected chi connectivity index (χ1v) is 8.91. The molecule has 10 heteroatoms. The number of anilines is 1. The first kappa shape index (κ1) is 17.8. The van der Waals surface area contributed by atoms with Gasteiger partial charge in [0.05, 0.1) is 10.6 Å². The molecule has 1 aliphatic rings. The molecule has 1 aliphatic heterocycles. The summed E-state index contributed by atoms with van der Waals surface area (Å²) in [5.41, 5.74) is -0.0371. The third-order valence-electron chi connectivity index (χ3n) is 3.64. The van der Waals surface area contributed by atoms with Gasteiger partial charge < -0.3 is 4.74 Å². The topological polar surface area (TPSA) is 66.8 Å². The van der Waals surface area contributed by atoms with Crippen molar-refractivity contribution in [2.45, 2.75) is 17.1 Å². The highest BCUT2D eigenvalue weighted by Crippen LogP contribution is 2.42. The molecule has 5 nitrogen and oxygen atoms in total. The van der Waals surface area contributed by atoms with Crippen LogP contribution in [0.15, 0.2) is 35.2 Å². The highest BCUT2D eigenvalue weighted by molar-refractivity contribution is 7.91. The molecule has 2 aromatic rings. The Kier molecular flexibility index (Phi) is 4.56. The second-order valence-corrected chi connectivity index (χ2v) is 7.60. The minimum Gasteiger partial charge on any atom is -0.457 e. The van der Waals surface area contributed by atoms with E-state index >= 15 is 0 Å². The van der Waals surface area contributed by atoms with E-state index in [0.29, 0.717) is 5.06 Å². The lowest BCUT2D eigenvalue weighted by molar-refractivity contribution is 0.234. The summed E-state index contributed by atoms with van der Waals surface area (Å²) in [4.78, 5) is -0.692. The molecule has 134 valence electrons. The predicted octanol–water partition coefficient (Wildman–Crippen LogP) is 4.02. The van der Waals surface area contributed by atoms with Crippen LogP contribution in [-0.2, 0) is 16.3 Å². The van der Waals surface area contributed by atoms with Crippen molar-refractivity contribution in [3.05, 3.63) is 46.7 Å². The van der Waals surface area contributed by atoms with Crippen LogP contribution in [0.1, 0.15) is 5.56 Å². The van der Waals surface area contributed by atoms with Crippen LogP contribution >= 0.6 is 11.6 Å². The third kappa shape index (κ3) is 3.26. The second-order valence-electron chi connectivity index (χ2n) is 5.28. The Morgan fingerprint density at radius 2 is 1.96 bits per heavy atom. The lowest BCUT2D eigenvalue weighted by atomic mass is 10.1. The van der Waals surface area contributed by atoms with Crippen molar-refractivity contribution >= 4 is 27.1 Å². The van der Waals surface area contributed by atoms with E-state index in [2.05, 4.69) is 0 Å². The summed E-state index contributed by atoms with van der Waals surface area (Å²) in [7, 11) is -4.91. The first-order valence-electron chi connectivity index (χ1n) is 6.98. The Morgan fingerprint density at radius 1 is 1.24 bits per heavy atom. The SMILES string of the molecule is O=S(=O)(c1ccc(Oc2cc(F)cc(Cl)c2)c2c1N(O)CC2)C(F)F. The average molecular weight is 394 g/mol. The molecule has 0 amide bonds. The molecule has 0 atom stereocenters. The van der Waals surface area contributed by atoms with E-state index < -0.39 is 26.3 Å². The molecule has 0 unspecified atom stereocenters. The summed E-state index contributed by atoms with van der Waals surface area (Å²) >= 11 is 5.75. The van der Waals surface area contributed by atoms with Gasteiger partial charge in [-0.2, -0.15) is 8.78 Å². The van der Waals surface area contributed by atoms with Crippen molar-refractivity contribution in [1.29, 1.82) is 0 Å². The zero-order chi connectivity index (χ0) is 18.4. The molecule has 0 saturated heterocycles. The molecule has 0 saturated carbocycles. The molecular weight excluding hydrogens is 383 g/mol. The number of nitrogens with zero attached hydrogens (tertiary/aromatic N) is 1. The maximum absolute atomic E-state index is 13.4. The normalized spacial score (nSPS) is 14.1. The fraction of sp³-hybridized carbons (Fsp3) is 0.200. The number of sulfone groups is 1. The average Bonchev–Trinajstić information content (AvgIpc) is 2.89. The van der Waals surface area contributed by atoms with Gasteiger partial charge in [-0.05, 0) is 30.7 Å². The second kappa shape index (κ2) is 6.40. The van der Waals surface area contributed by atoms with Gasteiger partial charge in [0.25, 0.3) is 0 Å². The number of hydroxylamine groups is 1. The molecule has 0 spiro atoms. The summed E-state index contributed by atoms with van der Waals surface area (Å²) in [5, 5.41) is 10.5. The maximum atomic E-state index is 13.4. The number of halogens is 4. The van der Waals surface area contributed by atoms with Crippen LogP contribution in [0.2, 0.25) is 5.02 Å². The van der Waals surface area contributed by atoms with Gasteiger partial charge in [0.2, 0.25) is 9.84 Å². The number of rotatable bonds is 4. The van der Waals surface area contributed by atoms with E-state index in [1.807, 2.05) is 0 Å². The summed E-state index contributed by atoms with van der Waals surface area (Å²) in [6.07, 6.45) is 0.164. The van der Waals surface area contributed by atoms with Gasteiger partial charge >= 0.3 is 5.76 Å². The Hall–Kier alpha value is -1.97. The lowest BCUT2D eigenvalue weighted by Crippen LogP contribution is -2.19. The molecular formula is C15H11ClF3NO4S. The number of fused-ring (bicyclic) bond motifs is 1. The number of ether oxygens (including phenoxy) is 1. The van der Waals surface area contributed by atoms with Gasteiger partial charge in [0, 0.05) is 23.2 Å². The molecule has 0 aromatic heterocycles. The van der Waals surface area contributed by atoms with E-state index in [-0.39, 0.29) is 40.7 Å². The molecule has 0 aliphatic carbocycles. The summed E-state index contributed by atoms with van der Waals surface area (Å²) in [5.74, 6) is -4.10. The summed E-state index contributed by atoms with van der Waals surface area (Å²) in [6.45, 7) is 0.00533. The van der Waals surface area contributed by atoms with Gasteiger partial charge in [-0.3, -0.25) is 10.3 Å². The highest BCUT2D eigenvalue weighted by atomic mass is 35.5. The van der Waals surface area contributed by atoms with E-state index in [9.17, 15) is 26.8 Å².